The number of hydrogen-bond donors (Lipinski definition) is 1. The Bertz CT molecular complexity index is 542. The highest BCUT2D eigenvalue weighted by Gasteiger charge is 2.08. The molecule has 0 radical (unpaired) electrons. The van der Waals surface area contributed by atoms with E-state index in [-0.39, 0.29) is 0 Å². The fraction of sp³-hybridized carbons (Fsp3) is 0.273. The third kappa shape index (κ3) is 3.28. The molecule has 0 fully saturated rings. The minimum Gasteiger partial charge on any atom is -0.398 e. The average molecular weight is 301 g/mol. The first-order chi connectivity index (χ1) is 8.56. The van der Waals surface area contributed by atoms with Crippen LogP contribution in [0.3, 0.4) is 0 Å². The first kappa shape index (κ1) is 13.5. The number of rotatable bonds is 4. The zero-order valence-electron chi connectivity index (χ0n) is 10.1. The summed E-state index contributed by atoms with van der Waals surface area (Å²) in [5, 5.41) is 9.80. The molecular formula is C11H13ClN4S2. The maximum atomic E-state index is 5.95. The highest BCUT2D eigenvalue weighted by atomic mass is 35.5. The number of hydrogen-bond acceptors (Lipinski definition) is 6. The lowest BCUT2D eigenvalue weighted by molar-refractivity contribution is 0.972. The predicted molar refractivity (Wildman–Crippen MR) is 79.7 cm³/mol. The molecule has 0 amide bonds. The first-order valence-corrected chi connectivity index (χ1v) is 7.42. The van der Waals surface area contributed by atoms with Crippen molar-refractivity contribution >= 4 is 45.5 Å². The Morgan fingerprint density at radius 1 is 1.39 bits per heavy atom. The number of aromatic nitrogens is 2. The van der Waals surface area contributed by atoms with Gasteiger partial charge in [0.25, 0.3) is 0 Å². The second kappa shape index (κ2) is 5.77. The van der Waals surface area contributed by atoms with Gasteiger partial charge in [0.2, 0.25) is 5.13 Å². The minimum atomic E-state index is 0.700. The normalized spacial score (nSPS) is 10.6. The molecule has 7 heteroatoms. The molecule has 0 bridgehead atoms. The van der Waals surface area contributed by atoms with Crippen molar-refractivity contribution < 1.29 is 0 Å². The molecule has 0 aliphatic heterocycles. The Labute approximate surface area is 119 Å². The van der Waals surface area contributed by atoms with E-state index in [9.17, 15) is 0 Å². The van der Waals surface area contributed by atoms with Crippen LogP contribution in [0.25, 0.3) is 0 Å². The van der Waals surface area contributed by atoms with Crippen molar-refractivity contribution in [2.75, 3.05) is 24.7 Å². The van der Waals surface area contributed by atoms with Crippen molar-refractivity contribution in [2.24, 2.45) is 0 Å². The lowest BCUT2D eigenvalue weighted by Gasteiger charge is -2.05. The van der Waals surface area contributed by atoms with Crippen molar-refractivity contribution in [3.05, 3.63) is 28.8 Å². The summed E-state index contributed by atoms with van der Waals surface area (Å²) in [5.74, 6) is 0.744. The molecule has 0 aliphatic rings. The smallest absolute Gasteiger partial charge is 0.208 e. The molecule has 96 valence electrons. The summed E-state index contributed by atoms with van der Waals surface area (Å²) in [4.78, 5) is 1.94. The number of halogens is 1. The summed E-state index contributed by atoms with van der Waals surface area (Å²) >= 11 is 9.12. The number of nitrogen functional groups attached to an aromatic ring is 1. The highest BCUT2D eigenvalue weighted by Crippen LogP contribution is 2.31. The van der Waals surface area contributed by atoms with E-state index < -0.39 is 0 Å². The van der Waals surface area contributed by atoms with Crippen molar-refractivity contribution in [3.8, 4) is 0 Å². The van der Waals surface area contributed by atoms with Gasteiger partial charge in [-0.15, -0.1) is 10.2 Å². The summed E-state index contributed by atoms with van der Waals surface area (Å²) < 4.78 is 0.929. The van der Waals surface area contributed by atoms with E-state index in [1.165, 1.54) is 0 Å². The second-order valence-electron chi connectivity index (χ2n) is 3.88. The highest BCUT2D eigenvalue weighted by molar-refractivity contribution is 8.00. The van der Waals surface area contributed by atoms with Gasteiger partial charge in [-0.3, -0.25) is 0 Å². The van der Waals surface area contributed by atoms with Crippen LogP contribution >= 0.6 is 34.7 Å². The van der Waals surface area contributed by atoms with Crippen LogP contribution in [0.5, 0.6) is 0 Å². The Hall–Kier alpha value is -0.980. The lowest BCUT2D eigenvalue weighted by atomic mass is 10.2. The maximum Gasteiger partial charge on any atom is 0.208 e. The van der Waals surface area contributed by atoms with Gasteiger partial charge in [0.1, 0.15) is 0 Å². The Morgan fingerprint density at radius 3 is 2.83 bits per heavy atom. The average Bonchev–Trinajstić information content (AvgIpc) is 2.79. The van der Waals surface area contributed by atoms with Crippen LogP contribution in [0, 0.1) is 0 Å². The molecule has 1 heterocycles. The zero-order valence-corrected chi connectivity index (χ0v) is 12.4. The standard InChI is InChI=1S/C11H13ClN4S2/c1-16(2)10-14-15-11(18-10)17-6-7-5-8(12)3-4-9(7)13/h3-5H,6,13H2,1-2H3. The summed E-state index contributed by atoms with van der Waals surface area (Å²) in [6, 6.07) is 5.50. The number of thioether (sulfide) groups is 1. The largest absolute Gasteiger partial charge is 0.398 e. The van der Waals surface area contributed by atoms with Gasteiger partial charge in [0.05, 0.1) is 0 Å². The molecule has 18 heavy (non-hydrogen) atoms. The predicted octanol–water partition coefficient (Wildman–Crippen LogP) is 3.13. The molecule has 0 unspecified atom stereocenters. The third-order valence-electron chi connectivity index (χ3n) is 2.23. The monoisotopic (exact) mass is 300 g/mol. The summed E-state index contributed by atoms with van der Waals surface area (Å²) in [6.07, 6.45) is 0. The Balaban J connectivity index is 2.04. The molecule has 2 N–H and O–H groups in total. The zero-order chi connectivity index (χ0) is 13.1. The topological polar surface area (TPSA) is 55.0 Å². The molecule has 2 rings (SSSR count). The fourth-order valence-electron chi connectivity index (χ4n) is 1.28. The SMILES string of the molecule is CN(C)c1nnc(SCc2cc(Cl)ccc2N)s1. The quantitative estimate of drug-likeness (QED) is 0.694. The molecule has 0 aliphatic carbocycles. The van der Waals surface area contributed by atoms with E-state index in [0.717, 1.165) is 26.5 Å². The second-order valence-corrected chi connectivity index (χ2v) is 6.49. The van der Waals surface area contributed by atoms with Crippen LogP contribution in [0.15, 0.2) is 22.5 Å². The van der Waals surface area contributed by atoms with Crippen LogP contribution < -0.4 is 10.6 Å². The molecule has 1 aromatic carbocycles. The summed E-state index contributed by atoms with van der Waals surface area (Å²) in [7, 11) is 3.90. The first-order valence-electron chi connectivity index (χ1n) is 5.24. The molecule has 0 atom stereocenters. The van der Waals surface area contributed by atoms with Crippen molar-refractivity contribution in [3.63, 3.8) is 0 Å². The fourth-order valence-corrected chi connectivity index (χ4v) is 3.24. The molecule has 0 saturated carbocycles. The summed E-state index contributed by atoms with van der Waals surface area (Å²) in [5.41, 5.74) is 7.67. The van der Waals surface area contributed by atoms with Gasteiger partial charge in [-0.2, -0.15) is 0 Å². The molecule has 2 aromatic rings. The van der Waals surface area contributed by atoms with E-state index in [0.29, 0.717) is 5.02 Å². The van der Waals surface area contributed by atoms with Crippen LogP contribution in [-0.4, -0.2) is 24.3 Å². The van der Waals surface area contributed by atoms with E-state index in [2.05, 4.69) is 10.2 Å². The van der Waals surface area contributed by atoms with Crippen LogP contribution in [0.4, 0.5) is 10.8 Å². The Kier molecular flexibility index (Phi) is 4.31. The van der Waals surface area contributed by atoms with Crippen molar-refractivity contribution in [2.45, 2.75) is 10.1 Å². The number of nitrogens with zero attached hydrogens (tertiary/aromatic N) is 3. The molecule has 4 nitrogen and oxygen atoms in total. The van der Waals surface area contributed by atoms with E-state index >= 15 is 0 Å². The number of benzene rings is 1. The third-order valence-corrected chi connectivity index (χ3v) is 4.74. The molecule has 0 spiro atoms. The lowest BCUT2D eigenvalue weighted by Crippen LogP contribution is -2.07. The van der Waals surface area contributed by atoms with Gasteiger partial charge >= 0.3 is 0 Å². The molecular weight excluding hydrogens is 288 g/mol. The number of anilines is 2. The summed E-state index contributed by atoms with van der Waals surface area (Å²) in [6.45, 7) is 0. The van der Waals surface area contributed by atoms with Gasteiger partial charge in [-0.25, -0.2) is 0 Å². The van der Waals surface area contributed by atoms with Gasteiger partial charge in [0, 0.05) is 30.6 Å². The van der Waals surface area contributed by atoms with Crippen LogP contribution in [0.1, 0.15) is 5.56 Å². The van der Waals surface area contributed by atoms with Crippen LogP contribution in [-0.2, 0) is 5.75 Å². The van der Waals surface area contributed by atoms with E-state index in [1.807, 2.05) is 31.1 Å². The van der Waals surface area contributed by atoms with E-state index in [1.54, 1.807) is 29.2 Å². The molecule has 0 saturated heterocycles. The van der Waals surface area contributed by atoms with Gasteiger partial charge in [0.15, 0.2) is 4.34 Å². The van der Waals surface area contributed by atoms with Gasteiger partial charge < -0.3 is 10.6 Å². The van der Waals surface area contributed by atoms with Crippen molar-refractivity contribution in [1.82, 2.24) is 10.2 Å². The van der Waals surface area contributed by atoms with Gasteiger partial charge in [-0.1, -0.05) is 34.7 Å². The Morgan fingerprint density at radius 2 is 2.17 bits per heavy atom. The number of nitrogens with two attached hydrogens (primary N) is 1. The van der Waals surface area contributed by atoms with Crippen LogP contribution in [0.2, 0.25) is 5.02 Å². The van der Waals surface area contributed by atoms with Crippen molar-refractivity contribution in [1.29, 1.82) is 0 Å². The maximum absolute atomic E-state index is 5.95. The van der Waals surface area contributed by atoms with Gasteiger partial charge in [-0.05, 0) is 23.8 Å². The van der Waals surface area contributed by atoms with E-state index in [4.69, 9.17) is 17.3 Å². The molecule has 1 aromatic heterocycles. The minimum absolute atomic E-state index is 0.700.